The molecule has 3 aromatic rings. The molecule has 13 heteroatoms. The van der Waals surface area contributed by atoms with Gasteiger partial charge < -0.3 is 10.2 Å². The summed E-state index contributed by atoms with van der Waals surface area (Å²) >= 11 is 12.7. The first-order chi connectivity index (χ1) is 18.8. The lowest BCUT2D eigenvalue weighted by Gasteiger charge is -2.32. The minimum atomic E-state index is -4.37. The number of nitro benzene ring substituents is 1. The van der Waals surface area contributed by atoms with Gasteiger partial charge in [0, 0.05) is 40.3 Å². The van der Waals surface area contributed by atoms with Crippen LogP contribution in [0, 0.1) is 10.1 Å². The van der Waals surface area contributed by atoms with Crippen molar-refractivity contribution in [2.24, 2.45) is 0 Å². The summed E-state index contributed by atoms with van der Waals surface area (Å²) in [5.74, 6) is -1.23. The Morgan fingerprint density at radius 1 is 0.950 bits per heavy atom. The Kier molecular flexibility index (Phi) is 10.1. The summed E-state index contributed by atoms with van der Waals surface area (Å²) in [6.45, 7) is 4.07. The number of benzene rings is 3. The van der Waals surface area contributed by atoms with E-state index in [0.717, 1.165) is 10.4 Å². The van der Waals surface area contributed by atoms with Crippen LogP contribution in [0.15, 0.2) is 77.7 Å². The third-order valence-corrected chi connectivity index (χ3v) is 8.42. The first-order valence-corrected chi connectivity index (χ1v) is 14.4. The molecule has 40 heavy (non-hydrogen) atoms. The van der Waals surface area contributed by atoms with Crippen LogP contribution in [0.2, 0.25) is 10.0 Å². The Morgan fingerprint density at radius 3 is 2.12 bits per heavy atom. The molecular formula is C27H28Cl2N4O6S. The molecule has 0 radical (unpaired) electrons. The Morgan fingerprint density at radius 2 is 1.55 bits per heavy atom. The SMILES string of the molecule is CC(C)NC(=O)[C@@H](C)N(Cc1c(Cl)cccc1Cl)C(=O)CN(c1cccc([N+](=O)[O-])c1)S(=O)(=O)c1ccccc1. The largest absolute Gasteiger partial charge is 0.352 e. The molecular weight excluding hydrogens is 579 g/mol. The molecule has 10 nitrogen and oxygen atoms in total. The third-order valence-electron chi connectivity index (χ3n) is 5.93. The molecule has 0 fully saturated rings. The molecule has 0 unspecified atom stereocenters. The van der Waals surface area contributed by atoms with Gasteiger partial charge in [-0.25, -0.2) is 8.42 Å². The quantitative estimate of drug-likeness (QED) is 0.240. The van der Waals surface area contributed by atoms with E-state index in [1.807, 2.05) is 0 Å². The Bertz CT molecular complexity index is 1480. The Hall–Kier alpha value is -3.67. The van der Waals surface area contributed by atoms with Gasteiger partial charge in [-0.1, -0.05) is 53.5 Å². The van der Waals surface area contributed by atoms with Crippen LogP contribution in [0.1, 0.15) is 26.3 Å². The Labute approximate surface area is 242 Å². The van der Waals surface area contributed by atoms with E-state index in [-0.39, 0.29) is 38.9 Å². The molecule has 1 N–H and O–H groups in total. The highest BCUT2D eigenvalue weighted by atomic mass is 35.5. The fraction of sp³-hybridized carbons (Fsp3) is 0.259. The average Bonchev–Trinajstić information content (AvgIpc) is 2.91. The predicted octanol–water partition coefficient (Wildman–Crippen LogP) is 5.04. The number of rotatable bonds is 11. The fourth-order valence-corrected chi connectivity index (χ4v) is 5.80. The van der Waals surface area contributed by atoms with Crippen molar-refractivity contribution in [2.75, 3.05) is 10.8 Å². The van der Waals surface area contributed by atoms with Crippen LogP contribution < -0.4 is 9.62 Å². The smallest absolute Gasteiger partial charge is 0.271 e. The fourth-order valence-electron chi connectivity index (χ4n) is 3.85. The number of nitro groups is 1. The van der Waals surface area contributed by atoms with E-state index in [1.54, 1.807) is 38.1 Å². The van der Waals surface area contributed by atoms with Crippen LogP contribution in [-0.4, -0.2) is 48.7 Å². The van der Waals surface area contributed by atoms with E-state index in [9.17, 15) is 28.1 Å². The highest BCUT2D eigenvalue weighted by Gasteiger charge is 2.33. The summed E-state index contributed by atoms with van der Waals surface area (Å²) in [4.78, 5) is 38.7. The van der Waals surface area contributed by atoms with Crippen LogP contribution >= 0.6 is 23.2 Å². The summed E-state index contributed by atoms with van der Waals surface area (Å²) in [5.41, 5.74) is -0.0831. The van der Waals surface area contributed by atoms with Gasteiger partial charge in [0.2, 0.25) is 11.8 Å². The average molecular weight is 608 g/mol. The van der Waals surface area contributed by atoms with Crippen LogP contribution in [-0.2, 0) is 26.2 Å². The second kappa shape index (κ2) is 13.1. The van der Waals surface area contributed by atoms with Crippen molar-refractivity contribution in [3.63, 3.8) is 0 Å². The van der Waals surface area contributed by atoms with Crippen LogP contribution in [0.25, 0.3) is 0 Å². The topological polar surface area (TPSA) is 130 Å². The van der Waals surface area contributed by atoms with Crippen LogP contribution in [0.3, 0.4) is 0 Å². The number of nitrogens with zero attached hydrogens (tertiary/aromatic N) is 3. The van der Waals surface area contributed by atoms with Gasteiger partial charge in [0.15, 0.2) is 0 Å². The molecule has 0 aliphatic heterocycles. The van der Waals surface area contributed by atoms with E-state index in [1.165, 1.54) is 54.3 Å². The van der Waals surface area contributed by atoms with E-state index in [2.05, 4.69) is 5.32 Å². The first-order valence-electron chi connectivity index (χ1n) is 12.2. The number of sulfonamides is 1. The molecule has 0 saturated carbocycles. The summed E-state index contributed by atoms with van der Waals surface area (Å²) in [5, 5.41) is 14.7. The van der Waals surface area contributed by atoms with E-state index in [0.29, 0.717) is 5.56 Å². The molecule has 3 rings (SSSR count). The molecule has 0 aliphatic rings. The number of non-ortho nitro benzene ring substituents is 1. The normalized spacial score (nSPS) is 12.1. The Balaban J connectivity index is 2.10. The molecule has 212 valence electrons. The first kappa shape index (κ1) is 30.9. The molecule has 0 spiro atoms. The lowest BCUT2D eigenvalue weighted by atomic mass is 10.1. The number of anilines is 1. The van der Waals surface area contributed by atoms with Crippen molar-refractivity contribution >= 4 is 56.4 Å². The second-order valence-corrected chi connectivity index (χ2v) is 11.8. The molecule has 1 atom stereocenters. The van der Waals surface area contributed by atoms with E-state index in [4.69, 9.17) is 23.2 Å². The van der Waals surface area contributed by atoms with Gasteiger partial charge >= 0.3 is 0 Å². The van der Waals surface area contributed by atoms with Gasteiger partial charge in [-0.05, 0) is 51.1 Å². The van der Waals surface area contributed by atoms with E-state index < -0.39 is 39.3 Å². The standard InChI is InChI=1S/C27H28Cl2N4O6S/c1-18(2)30-27(35)19(3)31(16-23-24(28)13-8-14-25(23)29)26(34)17-32(20-9-7-10-21(15-20)33(36)37)40(38,39)22-11-5-4-6-12-22/h4-15,18-19H,16-17H2,1-3H3,(H,30,35)/t19-/m1/s1. The van der Waals surface area contributed by atoms with Crippen LogP contribution in [0.5, 0.6) is 0 Å². The van der Waals surface area contributed by atoms with Gasteiger partial charge in [0.05, 0.1) is 15.5 Å². The van der Waals surface area contributed by atoms with Crippen molar-refractivity contribution in [2.45, 2.75) is 44.3 Å². The minimum absolute atomic E-state index is 0.0959. The van der Waals surface area contributed by atoms with Crippen molar-refractivity contribution in [1.29, 1.82) is 0 Å². The molecule has 0 saturated heterocycles. The summed E-state index contributed by atoms with van der Waals surface area (Å²) in [6, 6.07) is 15.8. The maximum atomic E-state index is 13.9. The lowest BCUT2D eigenvalue weighted by molar-refractivity contribution is -0.384. The number of hydrogen-bond acceptors (Lipinski definition) is 6. The molecule has 0 bridgehead atoms. The number of carbonyl (C=O) groups is 2. The van der Waals surface area contributed by atoms with Gasteiger partial charge in [-0.2, -0.15) is 0 Å². The number of halogens is 2. The van der Waals surface area contributed by atoms with Gasteiger partial charge in [-0.3, -0.25) is 24.0 Å². The highest BCUT2D eigenvalue weighted by molar-refractivity contribution is 7.92. The number of nitrogens with one attached hydrogen (secondary N) is 1. The van der Waals surface area contributed by atoms with E-state index >= 15 is 0 Å². The van der Waals surface area contributed by atoms with Gasteiger partial charge in [0.1, 0.15) is 12.6 Å². The number of hydrogen-bond donors (Lipinski definition) is 1. The van der Waals surface area contributed by atoms with Crippen molar-refractivity contribution in [1.82, 2.24) is 10.2 Å². The molecule has 0 aliphatic carbocycles. The van der Waals surface area contributed by atoms with Crippen molar-refractivity contribution in [3.05, 3.63) is 98.5 Å². The maximum Gasteiger partial charge on any atom is 0.271 e. The van der Waals surface area contributed by atoms with Crippen molar-refractivity contribution < 1.29 is 22.9 Å². The molecule has 0 heterocycles. The zero-order valence-corrected chi connectivity index (χ0v) is 24.3. The maximum absolute atomic E-state index is 13.9. The van der Waals surface area contributed by atoms with Crippen molar-refractivity contribution in [3.8, 4) is 0 Å². The van der Waals surface area contributed by atoms with Crippen LogP contribution in [0.4, 0.5) is 11.4 Å². The number of carbonyl (C=O) groups excluding carboxylic acids is 2. The summed E-state index contributed by atoms with van der Waals surface area (Å²) in [6.07, 6.45) is 0. The number of amides is 2. The summed E-state index contributed by atoms with van der Waals surface area (Å²) in [7, 11) is -4.37. The molecule has 0 aromatic heterocycles. The minimum Gasteiger partial charge on any atom is -0.352 e. The second-order valence-electron chi connectivity index (χ2n) is 9.16. The summed E-state index contributed by atoms with van der Waals surface area (Å²) < 4.78 is 28.3. The zero-order chi connectivity index (χ0) is 29.6. The lowest BCUT2D eigenvalue weighted by Crippen LogP contribution is -2.52. The predicted molar refractivity (Wildman–Crippen MR) is 154 cm³/mol. The molecule has 2 amide bonds. The van der Waals surface area contributed by atoms with Gasteiger partial charge in [-0.15, -0.1) is 0 Å². The zero-order valence-electron chi connectivity index (χ0n) is 22.0. The van der Waals surface area contributed by atoms with Gasteiger partial charge in [0.25, 0.3) is 15.7 Å². The molecule has 3 aromatic carbocycles. The highest BCUT2D eigenvalue weighted by Crippen LogP contribution is 2.29. The monoisotopic (exact) mass is 606 g/mol. The third kappa shape index (κ3) is 7.29.